The van der Waals surface area contributed by atoms with E-state index in [4.69, 9.17) is 5.11 Å². The fourth-order valence-electron chi connectivity index (χ4n) is 2.97. The van der Waals surface area contributed by atoms with Gasteiger partial charge in [0.25, 0.3) is 0 Å². The lowest BCUT2D eigenvalue weighted by Gasteiger charge is -2.15. The van der Waals surface area contributed by atoms with Gasteiger partial charge in [0.1, 0.15) is 5.82 Å². The summed E-state index contributed by atoms with van der Waals surface area (Å²) in [5, 5.41) is 8.95. The molecule has 0 aromatic heterocycles. The molecular weight excluding hydrogens is 297 g/mol. The van der Waals surface area contributed by atoms with E-state index >= 15 is 0 Å². The van der Waals surface area contributed by atoms with Crippen molar-refractivity contribution in [3.63, 3.8) is 0 Å². The number of amides is 1. The molecule has 1 N–H and O–H groups in total. The lowest BCUT2D eigenvalue weighted by molar-refractivity contribution is -0.141. The van der Waals surface area contributed by atoms with Crippen molar-refractivity contribution < 1.29 is 19.1 Å². The smallest absolute Gasteiger partial charge is 0.308 e. The molecule has 1 heterocycles. The van der Waals surface area contributed by atoms with E-state index < -0.39 is 11.9 Å². The zero-order chi connectivity index (χ0) is 14.3. The summed E-state index contributed by atoms with van der Waals surface area (Å²) in [6.07, 6.45) is 1.26. The van der Waals surface area contributed by atoms with Crippen LogP contribution in [0.4, 0.5) is 4.39 Å². The Morgan fingerprint density at radius 2 is 2.10 bits per heavy atom. The highest BCUT2D eigenvalue weighted by Crippen LogP contribution is 2.48. The highest BCUT2D eigenvalue weighted by molar-refractivity contribution is 5.85. The first kappa shape index (κ1) is 15.8. The van der Waals surface area contributed by atoms with Crippen LogP contribution in [0.3, 0.4) is 0 Å². The minimum atomic E-state index is -0.835. The number of aliphatic carboxylic acids is 1. The number of likely N-dealkylation sites (tertiary alicyclic amines) is 1. The zero-order valence-electron chi connectivity index (χ0n) is 11.4. The van der Waals surface area contributed by atoms with Crippen LogP contribution >= 0.6 is 12.4 Å². The van der Waals surface area contributed by atoms with Crippen LogP contribution in [0.25, 0.3) is 0 Å². The molecule has 6 heteroatoms. The first-order valence-electron chi connectivity index (χ1n) is 6.83. The summed E-state index contributed by atoms with van der Waals surface area (Å²) in [4.78, 5) is 24.8. The molecule has 3 atom stereocenters. The second-order valence-electron chi connectivity index (χ2n) is 5.61. The van der Waals surface area contributed by atoms with Gasteiger partial charge in [-0.2, -0.15) is 0 Å². The Balaban J connectivity index is 0.00000161. The highest BCUT2D eigenvalue weighted by Gasteiger charge is 2.47. The molecule has 0 bridgehead atoms. The fraction of sp³-hybridized carbons (Fsp3) is 0.467. The van der Waals surface area contributed by atoms with Crippen LogP contribution < -0.4 is 0 Å². The van der Waals surface area contributed by atoms with Crippen molar-refractivity contribution in [1.82, 2.24) is 4.90 Å². The molecule has 1 amide bonds. The van der Waals surface area contributed by atoms with Crippen LogP contribution in [0.5, 0.6) is 0 Å². The van der Waals surface area contributed by atoms with Gasteiger partial charge in [0.05, 0.1) is 5.92 Å². The van der Waals surface area contributed by atoms with E-state index in [0.29, 0.717) is 19.5 Å². The molecule has 1 aromatic carbocycles. The normalized spacial score (nSPS) is 27.1. The van der Waals surface area contributed by atoms with Crippen molar-refractivity contribution >= 4 is 24.3 Å². The minimum Gasteiger partial charge on any atom is -0.481 e. The average Bonchev–Trinajstić information content (AvgIpc) is 3.06. The van der Waals surface area contributed by atoms with E-state index in [0.717, 1.165) is 12.0 Å². The molecule has 1 aliphatic carbocycles. The number of hydrogen-bond acceptors (Lipinski definition) is 2. The monoisotopic (exact) mass is 313 g/mol. The number of carbonyl (C=O) groups excluding carboxylic acids is 1. The van der Waals surface area contributed by atoms with Gasteiger partial charge in [-0.05, 0) is 36.5 Å². The van der Waals surface area contributed by atoms with Gasteiger partial charge in [-0.25, -0.2) is 4.39 Å². The van der Waals surface area contributed by atoms with E-state index in [1.165, 1.54) is 12.1 Å². The predicted octanol–water partition coefficient (Wildman–Crippen LogP) is 2.28. The molecular formula is C15H17ClFNO3. The minimum absolute atomic E-state index is 0. The third-order valence-electron chi connectivity index (χ3n) is 4.23. The summed E-state index contributed by atoms with van der Waals surface area (Å²) in [5.41, 5.74) is 0.859. The molecule has 1 saturated carbocycles. The largest absolute Gasteiger partial charge is 0.481 e. The maximum Gasteiger partial charge on any atom is 0.308 e. The van der Waals surface area contributed by atoms with Crippen molar-refractivity contribution in [3.05, 3.63) is 35.6 Å². The quantitative estimate of drug-likeness (QED) is 0.931. The summed E-state index contributed by atoms with van der Waals surface area (Å²) >= 11 is 0. The Morgan fingerprint density at radius 3 is 2.71 bits per heavy atom. The number of carboxylic acids is 1. The van der Waals surface area contributed by atoms with E-state index in [9.17, 15) is 14.0 Å². The van der Waals surface area contributed by atoms with Crippen molar-refractivity contribution in [3.8, 4) is 0 Å². The van der Waals surface area contributed by atoms with Crippen molar-refractivity contribution in [2.75, 3.05) is 13.1 Å². The van der Waals surface area contributed by atoms with Gasteiger partial charge in [0.2, 0.25) is 5.91 Å². The molecule has 0 radical (unpaired) electrons. The van der Waals surface area contributed by atoms with Crippen LogP contribution in [0, 0.1) is 17.7 Å². The van der Waals surface area contributed by atoms with Gasteiger partial charge >= 0.3 is 5.97 Å². The molecule has 3 unspecified atom stereocenters. The Morgan fingerprint density at radius 1 is 1.33 bits per heavy atom. The van der Waals surface area contributed by atoms with Crippen LogP contribution in [0.15, 0.2) is 24.3 Å². The number of hydrogen-bond donors (Lipinski definition) is 1. The molecule has 1 aliphatic heterocycles. The third-order valence-corrected chi connectivity index (χ3v) is 4.23. The highest BCUT2D eigenvalue weighted by atomic mass is 35.5. The van der Waals surface area contributed by atoms with E-state index in [1.54, 1.807) is 11.0 Å². The SMILES string of the molecule is Cl.O=C(O)C1CCN(C(=O)C2CC2c2cccc(F)c2)C1. The second kappa shape index (κ2) is 6.02. The lowest BCUT2D eigenvalue weighted by atomic mass is 10.1. The predicted molar refractivity (Wildman–Crippen MR) is 76.8 cm³/mol. The van der Waals surface area contributed by atoms with Gasteiger partial charge in [0.15, 0.2) is 0 Å². The Bertz CT molecular complexity index is 566. The Hall–Kier alpha value is -1.62. The van der Waals surface area contributed by atoms with E-state index in [2.05, 4.69) is 0 Å². The first-order valence-corrected chi connectivity index (χ1v) is 6.83. The van der Waals surface area contributed by atoms with Crippen LogP contribution in [-0.2, 0) is 9.59 Å². The van der Waals surface area contributed by atoms with Gasteiger partial charge in [-0.3, -0.25) is 9.59 Å². The maximum atomic E-state index is 13.2. The third kappa shape index (κ3) is 3.18. The molecule has 1 saturated heterocycles. The topological polar surface area (TPSA) is 57.6 Å². The lowest BCUT2D eigenvalue weighted by Crippen LogP contribution is -2.31. The number of benzene rings is 1. The van der Waals surface area contributed by atoms with Crippen LogP contribution in [0.2, 0.25) is 0 Å². The molecule has 2 fully saturated rings. The Labute approximate surface area is 128 Å². The number of rotatable bonds is 3. The van der Waals surface area contributed by atoms with E-state index in [1.807, 2.05) is 6.07 Å². The van der Waals surface area contributed by atoms with Crippen molar-refractivity contribution in [1.29, 1.82) is 0 Å². The van der Waals surface area contributed by atoms with Gasteiger partial charge in [-0.1, -0.05) is 12.1 Å². The van der Waals surface area contributed by atoms with E-state index in [-0.39, 0.29) is 36.0 Å². The summed E-state index contributed by atoms with van der Waals surface area (Å²) in [5.74, 6) is -1.56. The molecule has 3 rings (SSSR count). The molecule has 21 heavy (non-hydrogen) atoms. The molecule has 0 spiro atoms. The standard InChI is InChI=1S/C15H16FNO3.ClH/c16-11-3-1-2-9(6-11)12-7-13(12)14(18)17-5-4-10(8-17)15(19)20;/h1-3,6,10,12-13H,4-5,7-8H2,(H,19,20);1H. The molecule has 2 aliphatic rings. The van der Waals surface area contributed by atoms with Crippen molar-refractivity contribution in [2.24, 2.45) is 11.8 Å². The first-order chi connectivity index (χ1) is 9.56. The molecule has 114 valence electrons. The van der Waals surface area contributed by atoms with Gasteiger partial charge in [0, 0.05) is 19.0 Å². The summed E-state index contributed by atoms with van der Waals surface area (Å²) in [6.45, 7) is 0.822. The zero-order valence-corrected chi connectivity index (χ0v) is 12.2. The summed E-state index contributed by atoms with van der Waals surface area (Å²) in [6, 6.07) is 6.36. The molecule has 1 aromatic rings. The average molecular weight is 314 g/mol. The Kier molecular flexibility index (Phi) is 4.52. The molecule has 4 nitrogen and oxygen atoms in total. The maximum absolute atomic E-state index is 13.2. The van der Waals surface area contributed by atoms with Crippen LogP contribution in [0.1, 0.15) is 24.3 Å². The number of carbonyl (C=O) groups is 2. The van der Waals surface area contributed by atoms with Crippen LogP contribution in [-0.4, -0.2) is 35.0 Å². The van der Waals surface area contributed by atoms with Gasteiger partial charge < -0.3 is 10.0 Å². The number of nitrogens with zero attached hydrogens (tertiary/aromatic N) is 1. The second-order valence-corrected chi connectivity index (χ2v) is 5.61. The number of halogens is 2. The van der Waals surface area contributed by atoms with Gasteiger partial charge in [-0.15, -0.1) is 12.4 Å². The van der Waals surface area contributed by atoms with Crippen molar-refractivity contribution in [2.45, 2.75) is 18.8 Å². The summed E-state index contributed by atoms with van der Waals surface area (Å²) in [7, 11) is 0. The number of carboxylic acid groups (broad SMARTS) is 1. The summed E-state index contributed by atoms with van der Waals surface area (Å²) < 4.78 is 13.2. The fourth-order valence-corrected chi connectivity index (χ4v) is 2.97.